The molecule has 0 saturated carbocycles. The molecule has 0 spiro atoms. The lowest BCUT2D eigenvalue weighted by Crippen LogP contribution is -2.11. The fraction of sp³-hybridized carbons (Fsp3) is 0. The Morgan fingerprint density at radius 2 is 1.69 bits per heavy atom. The topological polar surface area (TPSA) is 64.9 Å². The van der Waals surface area contributed by atoms with Gasteiger partial charge in [-0.05, 0) is 78.7 Å². The highest BCUT2D eigenvalue weighted by Crippen LogP contribution is 2.25. The van der Waals surface area contributed by atoms with Crippen molar-refractivity contribution in [2.75, 3.05) is 10.0 Å². The van der Waals surface area contributed by atoms with Gasteiger partial charge in [-0.25, -0.2) is 0 Å². The smallest absolute Gasteiger partial charge is 0.255 e. The average Bonchev–Trinajstić information content (AvgIpc) is 2.68. The number of anilines is 2. The summed E-state index contributed by atoms with van der Waals surface area (Å²) in [6.07, 6.45) is 0. The van der Waals surface area contributed by atoms with Crippen LogP contribution in [0.5, 0.6) is 0 Å². The molecule has 0 saturated heterocycles. The van der Waals surface area contributed by atoms with Crippen LogP contribution in [-0.2, 0) is 0 Å². The molecule has 0 fully saturated rings. The second-order valence-corrected chi connectivity index (χ2v) is 7.18. The first kappa shape index (κ1) is 18.1. The van der Waals surface area contributed by atoms with Gasteiger partial charge >= 0.3 is 0 Å². The van der Waals surface area contributed by atoms with Gasteiger partial charge in [0, 0.05) is 26.3 Å². The molecule has 4 nitrogen and oxygen atoms in total. The van der Waals surface area contributed by atoms with Crippen molar-refractivity contribution in [3.63, 3.8) is 0 Å². The molecule has 0 heterocycles. The Bertz CT molecular complexity index is 950. The van der Waals surface area contributed by atoms with Gasteiger partial charge in [-0.15, -0.1) is 0 Å². The number of carbonyl (C=O) groups is 1. The van der Waals surface area contributed by atoms with Crippen molar-refractivity contribution < 1.29 is 4.79 Å². The highest BCUT2D eigenvalue weighted by molar-refractivity contribution is 9.10. The van der Waals surface area contributed by atoms with Crippen molar-refractivity contribution in [3.05, 3.63) is 88.4 Å². The van der Waals surface area contributed by atoms with Gasteiger partial charge in [0.05, 0.1) is 11.6 Å². The molecular weight excluding hydrogens is 410 g/mol. The lowest BCUT2D eigenvalue weighted by molar-refractivity contribution is 0.102. The van der Waals surface area contributed by atoms with Gasteiger partial charge in [0.25, 0.3) is 5.91 Å². The summed E-state index contributed by atoms with van der Waals surface area (Å²) in [5, 5.41) is 11.7. The number of carbonyl (C=O) groups excluding carboxylic acids is 1. The van der Waals surface area contributed by atoms with Crippen LogP contribution in [0.15, 0.2) is 82.2 Å². The molecule has 2 N–H and O–H groups in total. The minimum atomic E-state index is -0.211. The number of nitrogens with zero attached hydrogens (tertiary/aromatic N) is 1. The summed E-state index contributed by atoms with van der Waals surface area (Å²) in [6, 6.07) is 24.1. The number of amides is 1. The van der Waals surface area contributed by atoms with E-state index in [-0.39, 0.29) is 5.91 Å². The van der Waals surface area contributed by atoms with Crippen molar-refractivity contribution in [2.24, 2.45) is 0 Å². The summed E-state index contributed by atoms with van der Waals surface area (Å²) in [5.74, 6) is -0.211. The van der Waals surface area contributed by atoms with Gasteiger partial charge in [-0.2, -0.15) is 5.26 Å². The predicted octanol–water partition coefficient (Wildman–Crippen LogP) is 5.69. The van der Waals surface area contributed by atoms with Crippen molar-refractivity contribution in [1.29, 1.82) is 5.26 Å². The van der Waals surface area contributed by atoms with Gasteiger partial charge < -0.3 is 10.0 Å². The van der Waals surface area contributed by atoms with Crippen molar-refractivity contribution in [3.8, 4) is 6.07 Å². The zero-order valence-electron chi connectivity index (χ0n) is 13.6. The van der Waals surface area contributed by atoms with Crippen LogP contribution in [0.2, 0.25) is 0 Å². The Hall–Kier alpha value is -2.75. The third-order valence-corrected chi connectivity index (χ3v) is 4.86. The Balaban J connectivity index is 1.63. The quantitative estimate of drug-likeness (QED) is 0.517. The number of halogens is 1. The van der Waals surface area contributed by atoms with E-state index in [9.17, 15) is 4.79 Å². The SMILES string of the molecule is N#Cc1ccc(C(=O)Nc2cccc(SNc3ccc(Br)cc3)c2)cc1. The highest BCUT2D eigenvalue weighted by Gasteiger charge is 2.07. The van der Waals surface area contributed by atoms with Gasteiger partial charge in [-0.1, -0.05) is 22.0 Å². The molecule has 0 bridgehead atoms. The fourth-order valence-corrected chi connectivity index (χ4v) is 3.14. The van der Waals surface area contributed by atoms with Crippen LogP contribution in [0.4, 0.5) is 11.4 Å². The van der Waals surface area contributed by atoms with Crippen LogP contribution < -0.4 is 10.0 Å². The first-order valence-corrected chi connectivity index (χ1v) is 9.35. The summed E-state index contributed by atoms with van der Waals surface area (Å²) in [4.78, 5) is 13.3. The fourth-order valence-electron chi connectivity index (χ4n) is 2.17. The molecule has 0 aliphatic carbocycles. The van der Waals surface area contributed by atoms with Crippen LogP contribution in [0.1, 0.15) is 15.9 Å². The van der Waals surface area contributed by atoms with E-state index in [4.69, 9.17) is 5.26 Å². The molecule has 0 unspecified atom stereocenters. The molecule has 6 heteroatoms. The van der Waals surface area contributed by atoms with E-state index in [2.05, 4.69) is 26.0 Å². The van der Waals surface area contributed by atoms with Crippen LogP contribution >= 0.6 is 27.9 Å². The molecule has 0 radical (unpaired) electrons. The normalized spacial score (nSPS) is 10.0. The van der Waals surface area contributed by atoms with Crippen LogP contribution in [-0.4, -0.2) is 5.91 Å². The van der Waals surface area contributed by atoms with Crippen LogP contribution in [0, 0.1) is 11.3 Å². The van der Waals surface area contributed by atoms with Crippen molar-refractivity contribution in [2.45, 2.75) is 4.90 Å². The molecule has 0 atom stereocenters. The zero-order valence-corrected chi connectivity index (χ0v) is 16.0. The molecule has 0 aromatic heterocycles. The molecule has 1 amide bonds. The molecule has 0 aliphatic rings. The van der Waals surface area contributed by atoms with Crippen LogP contribution in [0.25, 0.3) is 0 Å². The Kier molecular flexibility index (Phi) is 5.95. The minimum Gasteiger partial charge on any atom is -0.326 e. The first-order valence-electron chi connectivity index (χ1n) is 7.74. The first-order chi connectivity index (χ1) is 12.6. The molecule has 128 valence electrons. The van der Waals surface area contributed by atoms with E-state index in [1.165, 1.54) is 11.9 Å². The molecule has 0 aliphatic heterocycles. The highest BCUT2D eigenvalue weighted by atomic mass is 79.9. The van der Waals surface area contributed by atoms with Gasteiger partial charge in [0.15, 0.2) is 0 Å². The standard InChI is InChI=1S/C20H14BrN3OS/c21-16-8-10-17(11-9-16)24-26-19-3-1-2-18(12-19)23-20(25)15-6-4-14(13-22)5-7-15/h1-12,24H,(H,23,25). The third kappa shape index (κ3) is 4.88. The van der Waals surface area contributed by atoms with E-state index >= 15 is 0 Å². The molecular formula is C20H14BrN3OS. The largest absolute Gasteiger partial charge is 0.326 e. The lowest BCUT2D eigenvalue weighted by Gasteiger charge is -2.09. The van der Waals surface area contributed by atoms with Crippen molar-refractivity contribution in [1.82, 2.24) is 0 Å². The molecule has 3 aromatic rings. The maximum absolute atomic E-state index is 12.3. The molecule has 3 aromatic carbocycles. The van der Waals surface area contributed by atoms with Gasteiger partial charge in [-0.3, -0.25) is 4.79 Å². The summed E-state index contributed by atoms with van der Waals surface area (Å²) in [7, 11) is 0. The minimum absolute atomic E-state index is 0.211. The number of nitriles is 1. The van der Waals surface area contributed by atoms with E-state index in [0.717, 1.165) is 15.1 Å². The monoisotopic (exact) mass is 423 g/mol. The van der Waals surface area contributed by atoms with E-state index in [0.29, 0.717) is 16.8 Å². The van der Waals surface area contributed by atoms with Gasteiger partial charge in [0.2, 0.25) is 0 Å². The molecule has 3 rings (SSSR count). The Morgan fingerprint density at radius 1 is 0.962 bits per heavy atom. The predicted molar refractivity (Wildman–Crippen MR) is 109 cm³/mol. The summed E-state index contributed by atoms with van der Waals surface area (Å²) >= 11 is 4.88. The summed E-state index contributed by atoms with van der Waals surface area (Å²) in [6.45, 7) is 0. The Morgan fingerprint density at radius 3 is 2.38 bits per heavy atom. The zero-order chi connectivity index (χ0) is 18.4. The number of hydrogen-bond donors (Lipinski definition) is 2. The number of benzene rings is 3. The van der Waals surface area contributed by atoms with Crippen LogP contribution in [0.3, 0.4) is 0 Å². The third-order valence-electron chi connectivity index (χ3n) is 3.50. The second kappa shape index (κ2) is 8.56. The number of rotatable bonds is 5. The maximum Gasteiger partial charge on any atom is 0.255 e. The van der Waals surface area contributed by atoms with Crippen molar-refractivity contribution >= 4 is 45.2 Å². The summed E-state index contributed by atoms with van der Waals surface area (Å²) in [5.41, 5.74) is 2.74. The number of hydrogen-bond acceptors (Lipinski definition) is 4. The van der Waals surface area contributed by atoms with E-state index < -0.39 is 0 Å². The van der Waals surface area contributed by atoms with Gasteiger partial charge in [0.1, 0.15) is 0 Å². The maximum atomic E-state index is 12.3. The molecule has 26 heavy (non-hydrogen) atoms. The number of nitrogens with one attached hydrogen (secondary N) is 2. The average molecular weight is 424 g/mol. The summed E-state index contributed by atoms with van der Waals surface area (Å²) < 4.78 is 4.29. The lowest BCUT2D eigenvalue weighted by atomic mass is 10.1. The second-order valence-electron chi connectivity index (χ2n) is 5.38. The van der Waals surface area contributed by atoms with E-state index in [1.54, 1.807) is 24.3 Å². The Labute approximate surface area is 164 Å². The van der Waals surface area contributed by atoms with E-state index in [1.807, 2.05) is 54.6 Å².